The van der Waals surface area contributed by atoms with Gasteiger partial charge in [-0.1, -0.05) is 12.1 Å². The molecule has 2 atom stereocenters. The van der Waals surface area contributed by atoms with E-state index in [4.69, 9.17) is 5.73 Å². The summed E-state index contributed by atoms with van der Waals surface area (Å²) >= 11 is 0. The standard InChI is InChI=1S/C14H22N2O3S/c1-10-8-12-9-11(14(17)4-3-7-15)5-6-13(12)16(10)20(2,18)19/h5-6,9-10,14,17H,3-4,7-8,15H2,1-2H3. The zero-order valence-electron chi connectivity index (χ0n) is 11.9. The van der Waals surface area contributed by atoms with E-state index in [9.17, 15) is 13.5 Å². The normalized spacial score (nSPS) is 20.0. The van der Waals surface area contributed by atoms with Gasteiger partial charge >= 0.3 is 0 Å². The van der Waals surface area contributed by atoms with Crippen molar-refractivity contribution in [3.63, 3.8) is 0 Å². The highest BCUT2D eigenvalue weighted by molar-refractivity contribution is 7.92. The molecule has 0 spiro atoms. The Hall–Kier alpha value is -1.11. The van der Waals surface area contributed by atoms with Gasteiger partial charge in [-0.3, -0.25) is 4.31 Å². The maximum absolute atomic E-state index is 11.8. The maximum Gasteiger partial charge on any atom is 0.232 e. The van der Waals surface area contributed by atoms with E-state index in [0.29, 0.717) is 19.4 Å². The molecule has 5 nitrogen and oxygen atoms in total. The van der Waals surface area contributed by atoms with Crippen molar-refractivity contribution in [2.45, 2.75) is 38.3 Å². The average Bonchev–Trinajstić information content (AvgIpc) is 2.70. The predicted molar refractivity (Wildman–Crippen MR) is 80.2 cm³/mol. The van der Waals surface area contributed by atoms with Crippen LogP contribution in [-0.4, -0.2) is 32.4 Å². The molecule has 1 aromatic carbocycles. The van der Waals surface area contributed by atoms with Crippen molar-refractivity contribution in [1.29, 1.82) is 0 Å². The van der Waals surface area contributed by atoms with Crippen molar-refractivity contribution in [3.8, 4) is 0 Å². The molecule has 2 unspecified atom stereocenters. The highest BCUT2D eigenvalue weighted by atomic mass is 32.2. The van der Waals surface area contributed by atoms with Gasteiger partial charge in [-0.15, -0.1) is 0 Å². The summed E-state index contributed by atoms with van der Waals surface area (Å²) in [6, 6.07) is 5.44. The first-order valence-electron chi connectivity index (χ1n) is 6.85. The molecule has 1 aliphatic rings. The minimum Gasteiger partial charge on any atom is -0.388 e. The van der Waals surface area contributed by atoms with Crippen LogP contribution in [0.3, 0.4) is 0 Å². The molecule has 112 valence electrons. The summed E-state index contributed by atoms with van der Waals surface area (Å²) in [6.45, 7) is 2.45. The number of nitrogens with two attached hydrogens (primary N) is 1. The molecule has 0 aromatic heterocycles. The number of fused-ring (bicyclic) bond motifs is 1. The van der Waals surface area contributed by atoms with Crippen LogP contribution < -0.4 is 10.0 Å². The Morgan fingerprint density at radius 2 is 2.20 bits per heavy atom. The van der Waals surface area contributed by atoms with E-state index >= 15 is 0 Å². The number of sulfonamides is 1. The Labute approximate surface area is 120 Å². The van der Waals surface area contributed by atoms with E-state index in [2.05, 4.69) is 0 Å². The molecule has 20 heavy (non-hydrogen) atoms. The van der Waals surface area contributed by atoms with Crippen molar-refractivity contribution in [2.24, 2.45) is 5.73 Å². The molecule has 0 aliphatic carbocycles. The van der Waals surface area contributed by atoms with Gasteiger partial charge in [0.1, 0.15) is 0 Å². The van der Waals surface area contributed by atoms with Crippen LogP contribution >= 0.6 is 0 Å². The fraction of sp³-hybridized carbons (Fsp3) is 0.571. The van der Waals surface area contributed by atoms with Gasteiger partial charge < -0.3 is 10.8 Å². The first-order chi connectivity index (χ1) is 9.34. The van der Waals surface area contributed by atoms with Crippen molar-refractivity contribution in [3.05, 3.63) is 29.3 Å². The first kappa shape index (κ1) is 15.3. The lowest BCUT2D eigenvalue weighted by atomic mass is 10.0. The summed E-state index contributed by atoms with van der Waals surface area (Å²) in [4.78, 5) is 0. The molecule has 0 saturated carbocycles. The summed E-state index contributed by atoms with van der Waals surface area (Å²) in [5.41, 5.74) is 7.99. The Balaban J connectivity index is 2.29. The van der Waals surface area contributed by atoms with Crippen LogP contribution in [0.4, 0.5) is 5.69 Å². The minimum atomic E-state index is -3.26. The number of hydrogen-bond acceptors (Lipinski definition) is 4. The molecular weight excluding hydrogens is 276 g/mol. The first-order valence-corrected chi connectivity index (χ1v) is 8.69. The summed E-state index contributed by atoms with van der Waals surface area (Å²) < 4.78 is 25.1. The van der Waals surface area contributed by atoms with E-state index in [0.717, 1.165) is 23.2 Å². The number of anilines is 1. The second-order valence-corrected chi connectivity index (χ2v) is 7.31. The molecule has 1 aromatic rings. The highest BCUT2D eigenvalue weighted by Gasteiger charge is 2.32. The number of nitrogens with zero attached hydrogens (tertiary/aromatic N) is 1. The number of benzene rings is 1. The number of aliphatic hydroxyl groups is 1. The number of hydrogen-bond donors (Lipinski definition) is 2. The molecule has 1 aliphatic heterocycles. The fourth-order valence-electron chi connectivity index (χ4n) is 2.81. The molecule has 0 saturated heterocycles. The Bertz CT molecular complexity index is 586. The maximum atomic E-state index is 11.8. The van der Waals surface area contributed by atoms with E-state index in [1.807, 2.05) is 13.0 Å². The number of rotatable bonds is 5. The second-order valence-electron chi connectivity index (χ2n) is 5.45. The van der Waals surface area contributed by atoms with E-state index in [-0.39, 0.29) is 6.04 Å². The molecule has 6 heteroatoms. The monoisotopic (exact) mass is 298 g/mol. The third-order valence-electron chi connectivity index (χ3n) is 3.68. The van der Waals surface area contributed by atoms with Gasteiger partial charge in [0.25, 0.3) is 0 Å². The third-order valence-corrected chi connectivity index (χ3v) is 4.95. The summed E-state index contributed by atoms with van der Waals surface area (Å²) in [6.07, 6.45) is 2.76. The van der Waals surface area contributed by atoms with Gasteiger partial charge in [0, 0.05) is 6.04 Å². The summed E-state index contributed by atoms with van der Waals surface area (Å²) in [5.74, 6) is 0. The van der Waals surface area contributed by atoms with Crippen LogP contribution in [0, 0.1) is 0 Å². The fourth-order valence-corrected chi connectivity index (χ4v) is 4.08. The van der Waals surface area contributed by atoms with Crippen LogP contribution in [0.5, 0.6) is 0 Å². The largest absolute Gasteiger partial charge is 0.388 e. The van der Waals surface area contributed by atoms with Crippen molar-refractivity contribution < 1.29 is 13.5 Å². The lowest BCUT2D eigenvalue weighted by Crippen LogP contribution is -2.34. The SMILES string of the molecule is CC1Cc2cc(C(O)CCCN)ccc2N1S(C)(=O)=O. The molecular formula is C14H22N2O3S. The lowest BCUT2D eigenvalue weighted by molar-refractivity contribution is 0.165. The van der Waals surface area contributed by atoms with Crippen LogP contribution in [0.1, 0.15) is 37.0 Å². The third kappa shape index (κ3) is 2.97. The van der Waals surface area contributed by atoms with E-state index in [1.165, 1.54) is 10.6 Å². The summed E-state index contributed by atoms with van der Waals surface area (Å²) in [7, 11) is -3.26. The van der Waals surface area contributed by atoms with Gasteiger partial charge in [-0.2, -0.15) is 0 Å². The molecule has 2 rings (SSSR count). The summed E-state index contributed by atoms with van der Waals surface area (Å²) in [5, 5.41) is 10.1. The van der Waals surface area contributed by atoms with Gasteiger partial charge in [0.05, 0.1) is 18.0 Å². The molecule has 3 N–H and O–H groups in total. The predicted octanol–water partition coefficient (Wildman–Crippen LogP) is 1.17. The zero-order valence-corrected chi connectivity index (χ0v) is 12.7. The Kier molecular flexibility index (Phi) is 4.36. The molecule has 0 fully saturated rings. The van der Waals surface area contributed by atoms with E-state index in [1.54, 1.807) is 12.1 Å². The van der Waals surface area contributed by atoms with Crippen LogP contribution in [0.2, 0.25) is 0 Å². The van der Waals surface area contributed by atoms with E-state index < -0.39 is 16.1 Å². The quantitative estimate of drug-likeness (QED) is 0.854. The molecule has 0 radical (unpaired) electrons. The van der Waals surface area contributed by atoms with Crippen molar-refractivity contribution in [2.75, 3.05) is 17.1 Å². The van der Waals surface area contributed by atoms with Crippen LogP contribution in [0.15, 0.2) is 18.2 Å². The molecule has 0 amide bonds. The van der Waals surface area contributed by atoms with Crippen LogP contribution in [0.25, 0.3) is 0 Å². The highest BCUT2D eigenvalue weighted by Crippen LogP contribution is 2.36. The molecule has 1 heterocycles. The Morgan fingerprint density at radius 1 is 1.50 bits per heavy atom. The van der Waals surface area contributed by atoms with Gasteiger partial charge in [0.15, 0.2) is 0 Å². The average molecular weight is 298 g/mol. The van der Waals surface area contributed by atoms with Gasteiger partial charge in [0.2, 0.25) is 10.0 Å². The topological polar surface area (TPSA) is 83.6 Å². The van der Waals surface area contributed by atoms with Crippen molar-refractivity contribution in [1.82, 2.24) is 0 Å². The smallest absolute Gasteiger partial charge is 0.232 e. The van der Waals surface area contributed by atoms with Crippen molar-refractivity contribution >= 4 is 15.7 Å². The lowest BCUT2D eigenvalue weighted by Gasteiger charge is -2.22. The van der Waals surface area contributed by atoms with Gasteiger partial charge in [-0.05, 0) is 49.9 Å². The number of aliphatic hydroxyl groups excluding tert-OH is 1. The second kappa shape index (κ2) is 5.71. The molecule has 0 bridgehead atoms. The zero-order chi connectivity index (χ0) is 14.9. The van der Waals surface area contributed by atoms with Crippen LogP contribution in [-0.2, 0) is 16.4 Å². The minimum absolute atomic E-state index is 0.0727. The Morgan fingerprint density at radius 3 is 2.80 bits per heavy atom. The van der Waals surface area contributed by atoms with Gasteiger partial charge in [-0.25, -0.2) is 8.42 Å².